The molecule has 0 spiro atoms. The number of benzene rings is 1. The number of nitrogens with zero attached hydrogens (tertiary/aromatic N) is 3. The summed E-state index contributed by atoms with van der Waals surface area (Å²) in [4.78, 5) is 15.6. The molecule has 0 radical (unpaired) electrons. The van der Waals surface area contributed by atoms with Gasteiger partial charge in [0.25, 0.3) is 0 Å². The molecule has 0 aliphatic carbocycles. The number of morpholine rings is 1. The van der Waals surface area contributed by atoms with Crippen LogP contribution in [0, 0.1) is 0 Å². The van der Waals surface area contributed by atoms with E-state index in [0.29, 0.717) is 0 Å². The molecule has 2 fully saturated rings. The average molecular weight is 305 g/mol. The Morgan fingerprint density at radius 3 is 2.67 bits per heavy atom. The van der Waals surface area contributed by atoms with Gasteiger partial charge in [-0.15, -0.1) is 11.8 Å². The highest BCUT2D eigenvalue weighted by atomic mass is 32.2. The molecule has 1 unspecified atom stereocenters. The lowest BCUT2D eigenvalue weighted by molar-refractivity contribution is -0.116. The van der Waals surface area contributed by atoms with Crippen LogP contribution in [0.2, 0.25) is 0 Å². The molecule has 2 heterocycles. The van der Waals surface area contributed by atoms with Crippen molar-refractivity contribution in [1.29, 1.82) is 0 Å². The number of amidine groups is 1. The van der Waals surface area contributed by atoms with Gasteiger partial charge in [-0.05, 0) is 5.56 Å². The third-order valence-electron chi connectivity index (χ3n) is 3.52. The maximum absolute atomic E-state index is 11.4. The highest BCUT2D eigenvalue weighted by Gasteiger charge is 2.36. The Hall–Kier alpha value is -1.37. The van der Waals surface area contributed by atoms with Crippen molar-refractivity contribution in [1.82, 2.24) is 10.0 Å². The Labute approximate surface area is 128 Å². The second kappa shape index (κ2) is 6.60. The van der Waals surface area contributed by atoms with Gasteiger partial charge in [0.1, 0.15) is 11.2 Å². The van der Waals surface area contributed by atoms with E-state index in [-0.39, 0.29) is 11.3 Å². The summed E-state index contributed by atoms with van der Waals surface area (Å²) >= 11 is 1.81. The predicted molar refractivity (Wildman–Crippen MR) is 84.0 cm³/mol. The topological polar surface area (TPSA) is 45.1 Å². The van der Waals surface area contributed by atoms with Gasteiger partial charge in [0.05, 0.1) is 19.0 Å². The fraction of sp³-hybridized carbons (Fsp3) is 0.467. The first-order valence-electron chi connectivity index (χ1n) is 7.12. The van der Waals surface area contributed by atoms with Crippen molar-refractivity contribution in [2.75, 3.05) is 32.1 Å². The first-order chi connectivity index (χ1) is 10.3. The summed E-state index contributed by atoms with van der Waals surface area (Å²) < 4.78 is 5.43. The van der Waals surface area contributed by atoms with E-state index in [2.05, 4.69) is 27.1 Å². The maximum Gasteiger partial charge on any atom is 0.244 e. The summed E-state index contributed by atoms with van der Waals surface area (Å²) in [6.07, 6.45) is 0. The minimum atomic E-state index is -0.141. The summed E-state index contributed by atoms with van der Waals surface area (Å²) in [7, 11) is 0. The second-order valence-electron chi connectivity index (χ2n) is 5.03. The van der Waals surface area contributed by atoms with Crippen LogP contribution in [0.3, 0.4) is 0 Å². The van der Waals surface area contributed by atoms with E-state index in [9.17, 15) is 4.79 Å². The first kappa shape index (κ1) is 14.6. The van der Waals surface area contributed by atoms with Crippen LogP contribution in [0.4, 0.5) is 0 Å². The Kier molecular flexibility index (Phi) is 4.57. The summed E-state index contributed by atoms with van der Waals surface area (Å²) in [5.74, 6) is 1.47. The van der Waals surface area contributed by atoms with E-state index < -0.39 is 0 Å². The third kappa shape index (κ3) is 3.28. The van der Waals surface area contributed by atoms with Crippen molar-refractivity contribution in [3.05, 3.63) is 35.9 Å². The van der Waals surface area contributed by atoms with Gasteiger partial charge >= 0.3 is 0 Å². The van der Waals surface area contributed by atoms with Crippen LogP contribution in [0.25, 0.3) is 0 Å². The molecule has 0 aromatic heterocycles. The molecule has 0 bridgehead atoms. The zero-order valence-corrected chi connectivity index (χ0v) is 12.9. The molecule has 1 amide bonds. The number of carbonyl (C=O) groups excluding carboxylic acids is 1. The Balaban J connectivity index is 1.90. The van der Waals surface area contributed by atoms with Crippen LogP contribution in [0.15, 0.2) is 35.3 Å². The number of amides is 1. The standard InChI is InChI=1S/C15H19N3O2S/c1-12(19)16-14-11-21-15(13-5-3-2-4-6-13)18(14)17-7-9-20-10-8-17/h2-6,15H,7-11H2,1H3. The highest BCUT2D eigenvalue weighted by Crippen LogP contribution is 2.40. The molecular formula is C15H19N3O2S. The number of carbonyl (C=O) groups is 1. The van der Waals surface area contributed by atoms with E-state index in [4.69, 9.17) is 4.74 Å². The summed E-state index contributed by atoms with van der Waals surface area (Å²) in [5, 5.41) is 4.62. The highest BCUT2D eigenvalue weighted by molar-refractivity contribution is 8.00. The van der Waals surface area contributed by atoms with Crippen LogP contribution in [0.5, 0.6) is 0 Å². The van der Waals surface area contributed by atoms with E-state index in [1.54, 1.807) is 0 Å². The molecule has 0 saturated carbocycles. The number of ether oxygens (including phenoxy) is 1. The van der Waals surface area contributed by atoms with Gasteiger partial charge in [-0.3, -0.25) is 9.80 Å². The summed E-state index contributed by atoms with van der Waals surface area (Å²) in [6, 6.07) is 10.4. The molecule has 1 aromatic rings. The molecule has 2 aliphatic rings. The molecule has 5 nitrogen and oxygen atoms in total. The zero-order chi connectivity index (χ0) is 14.7. The first-order valence-corrected chi connectivity index (χ1v) is 8.17. The number of hydrogen-bond donors (Lipinski definition) is 0. The summed E-state index contributed by atoms with van der Waals surface area (Å²) in [5.41, 5.74) is 1.24. The van der Waals surface area contributed by atoms with Crippen molar-refractivity contribution in [2.45, 2.75) is 12.3 Å². The molecule has 2 aliphatic heterocycles. The summed E-state index contributed by atoms with van der Waals surface area (Å²) in [6.45, 7) is 4.61. The lowest BCUT2D eigenvalue weighted by atomic mass is 10.2. The molecule has 0 N–H and O–H groups in total. The van der Waals surface area contributed by atoms with Gasteiger partial charge < -0.3 is 4.74 Å². The molecular weight excluding hydrogens is 286 g/mol. The van der Waals surface area contributed by atoms with E-state index in [1.807, 2.05) is 30.0 Å². The Morgan fingerprint density at radius 1 is 1.29 bits per heavy atom. The quantitative estimate of drug-likeness (QED) is 0.835. The maximum atomic E-state index is 11.4. The van der Waals surface area contributed by atoms with Gasteiger partial charge in [0, 0.05) is 20.0 Å². The molecule has 1 aromatic carbocycles. The van der Waals surface area contributed by atoms with Crippen molar-refractivity contribution in [3.8, 4) is 0 Å². The van der Waals surface area contributed by atoms with Gasteiger partial charge in [0.2, 0.25) is 5.91 Å². The van der Waals surface area contributed by atoms with Crippen LogP contribution in [0.1, 0.15) is 17.9 Å². The monoisotopic (exact) mass is 305 g/mol. The fourth-order valence-corrected chi connectivity index (χ4v) is 3.88. The van der Waals surface area contributed by atoms with Crippen LogP contribution in [-0.2, 0) is 9.53 Å². The van der Waals surface area contributed by atoms with Gasteiger partial charge in [-0.2, -0.15) is 4.99 Å². The van der Waals surface area contributed by atoms with Crippen LogP contribution in [-0.4, -0.2) is 53.8 Å². The fourth-order valence-electron chi connectivity index (χ4n) is 2.63. The van der Waals surface area contributed by atoms with Crippen LogP contribution < -0.4 is 0 Å². The second-order valence-corrected chi connectivity index (χ2v) is 6.10. The number of aliphatic imine (C=N–C) groups is 1. The Bertz CT molecular complexity index is 529. The zero-order valence-electron chi connectivity index (χ0n) is 12.1. The lowest BCUT2D eigenvalue weighted by Gasteiger charge is -2.39. The molecule has 3 rings (SSSR count). The van der Waals surface area contributed by atoms with E-state index in [0.717, 1.165) is 37.9 Å². The number of rotatable bonds is 2. The lowest BCUT2D eigenvalue weighted by Crippen LogP contribution is -2.50. The van der Waals surface area contributed by atoms with Crippen molar-refractivity contribution in [3.63, 3.8) is 0 Å². The third-order valence-corrected chi connectivity index (χ3v) is 4.73. The number of hydrazine groups is 1. The van der Waals surface area contributed by atoms with Gasteiger partial charge in [-0.25, -0.2) is 5.01 Å². The minimum absolute atomic E-state index is 0.141. The van der Waals surface area contributed by atoms with Crippen molar-refractivity contribution < 1.29 is 9.53 Å². The molecule has 1 atom stereocenters. The van der Waals surface area contributed by atoms with Crippen molar-refractivity contribution >= 4 is 23.5 Å². The molecule has 21 heavy (non-hydrogen) atoms. The minimum Gasteiger partial charge on any atom is -0.379 e. The van der Waals surface area contributed by atoms with Crippen LogP contribution >= 0.6 is 11.8 Å². The SMILES string of the molecule is CC(=O)N=C1CSC(c2ccccc2)N1N1CCOCC1. The largest absolute Gasteiger partial charge is 0.379 e. The molecule has 112 valence electrons. The number of hydrogen-bond acceptors (Lipinski definition) is 4. The van der Waals surface area contributed by atoms with Gasteiger partial charge in [0.15, 0.2) is 0 Å². The normalized spacial score (nSPS) is 25.5. The predicted octanol–water partition coefficient (Wildman–Crippen LogP) is 1.93. The van der Waals surface area contributed by atoms with Gasteiger partial charge in [-0.1, -0.05) is 30.3 Å². The Morgan fingerprint density at radius 2 is 2.00 bits per heavy atom. The smallest absolute Gasteiger partial charge is 0.244 e. The average Bonchev–Trinajstić information content (AvgIpc) is 2.92. The van der Waals surface area contributed by atoms with Crippen molar-refractivity contribution in [2.24, 2.45) is 4.99 Å². The van der Waals surface area contributed by atoms with E-state index >= 15 is 0 Å². The molecule has 6 heteroatoms. The molecule has 2 saturated heterocycles. The number of thioether (sulfide) groups is 1. The van der Waals surface area contributed by atoms with E-state index in [1.165, 1.54) is 12.5 Å².